The molecule has 8 heteroatoms. The van der Waals surface area contributed by atoms with E-state index in [1.165, 1.54) is 0 Å². The number of aliphatic imine (C=N–C) groups is 1. The van der Waals surface area contributed by atoms with E-state index >= 15 is 0 Å². The molecule has 0 aliphatic heterocycles. The van der Waals surface area contributed by atoms with Crippen LogP contribution in [0.2, 0.25) is 5.02 Å². The average Bonchev–Trinajstić information content (AvgIpc) is 2.67. The van der Waals surface area contributed by atoms with E-state index in [1.54, 1.807) is 13.3 Å². The highest BCUT2D eigenvalue weighted by Gasteiger charge is 2.32. The Morgan fingerprint density at radius 2 is 1.97 bits per heavy atom. The van der Waals surface area contributed by atoms with Gasteiger partial charge in [0.1, 0.15) is 0 Å². The van der Waals surface area contributed by atoms with Crippen LogP contribution in [-0.2, 0) is 6.18 Å². The van der Waals surface area contributed by atoms with E-state index in [0.29, 0.717) is 5.92 Å². The largest absolute Gasteiger partial charge is 0.416 e. The first-order valence-electron chi connectivity index (χ1n) is 9.78. The molecule has 2 rings (SSSR count). The fourth-order valence-corrected chi connectivity index (χ4v) is 3.64. The minimum atomic E-state index is -4.52. The topological polar surface area (TPSA) is 53.5 Å². The second-order valence-corrected chi connectivity index (χ2v) is 7.63. The highest BCUT2D eigenvalue weighted by atomic mass is 35.5. The molecule has 1 fully saturated rings. The number of nitrogens with zero attached hydrogens (tertiary/aromatic N) is 1. The van der Waals surface area contributed by atoms with Gasteiger partial charge in [-0.25, -0.2) is 0 Å². The van der Waals surface area contributed by atoms with E-state index in [4.69, 9.17) is 11.6 Å². The van der Waals surface area contributed by atoms with Crippen molar-refractivity contribution < 1.29 is 18.0 Å². The van der Waals surface area contributed by atoms with Gasteiger partial charge < -0.3 is 10.6 Å². The van der Waals surface area contributed by atoms with Crippen LogP contribution >= 0.6 is 11.6 Å². The molecular formula is C21H27ClF3N3O. The van der Waals surface area contributed by atoms with Crippen LogP contribution < -0.4 is 10.6 Å². The van der Waals surface area contributed by atoms with E-state index in [1.807, 2.05) is 0 Å². The maximum absolute atomic E-state index is 12.9. The summed E-state index contributed by atoms with van der Waals surface area (Å²) in [4.78, 5) is 16.5. The van der Waals surface area contributed by atoms with E-state index in [-0.39, 0.29) is 16.6 Å². The van der Waals surface area contributed by atoms with Crippen LogP contribution in [0.5, 0.6) is 0 Å². The number of halogens is 4. The van der Waals surface area contributed by atoms with Crippen molar-refractivity contribution in [2.24, 2.45) is 10.9 Å². The summed E-state index contributed by atoms with van der Waals surface area (Å²) in [5.41, 5.74) is -0.0171. The summed E-state index contributed by atoms with van der Waals surface area (Å²) in [6.07, 6.45) is 3.70. The van der Waals surface area contributed by atoms with Gasteiger partial charge >= 0.3 is 6.18 Å². The standard InChI is InChI=1S/C21H27ClF3N3O/c1-3-4-17(13-26-2)27-12-14-5-8-16(9-6-14)28-20(29)18-11-15(21(23,24)25)7-10-19(18)22/h4,7,10-11,13-14,16,27H,3,5-6,8-9,12H2,1-2H3,(H,28,29)/b17-4+,26-13?. The first-order chi connectivity index (χ1) is 13.7. The Bertz CT molecular complexity index is 754. The number of hydrogen-bond donors (Lipinski definition) is 2. The number of allylic oxidation sites excluding steroid dienone is 2. The zero-order valence-electron chi connectivity index (χ0n) is 16.7. The van der Waals surface area contributed by atoms with Crippen molar-refractivity contribution in [3.63, 3.8) is 0 Å². The Morgan fingerprint density at radius 1 is 1.28 bits per heavy atom. The van der Waals surface area contributed by atoms with E-state index < -0.39 is 17.6 Å². The highest BCUT2D eigenvalue weighted by molar-refractivity contribution is 6.33. The van der Waals surface area contributed by atoms with E-state index in [0.717, 1.165) is 62.5 Å². The second kappa shape index (κ2) is 10.7. The molecule has 1 saturated carbocycles. The monoisotopic (exact) mass is 429 g/mol. The molecule has 29 heavy (non-hydrogen) atoms. The van der Waals surface area contributed by atoms with Crippen LogP contribution in [0.15, 0.2) is 35.0 Å². The molecular weight excluding hydrogens is 403 g/mol. The molecule has 0 saturated heterocycles. The predicted octanol–water partition coefficient (Wildman–Crippen LogP) is 5.23. The summed E-state index contributed by atoms with van der Waals surface area (Å²) >= 11 is 5.95. The number of hydrogen-bond acceptors (Lipinski definition) is 3. The SMILES string of the molecule is CC/C=C(\C=NC)NCC1CCC(NC(=O)c2cc(C(F)(F)F)ccc2Cl)CC1. The van der Waals surface area contributed by atoms with Gasteiger partial charge in [0.15, 0.2) is 0 Å². The average molecular weight is 430 g/mol. The fourth-order valence-electron chi connectivity index (χ4n) is 3.44. The molecule has 0 aromatic heterocycles. The first-order valence-corrected chi connectivity index (χ1v) is 10.2. The number of carbonyl (C=O) groups excluding carboxylic acids is 1. The first kappa shape index (κ1) is 23.3. The van der Waals surface area contributed by atoms with Gasteiger partial charge in [-0.1, -0.05) is 24.6 Å². The molecule has 1 amide bonds. The molecule has 0 atom stereocenters. The zero-order chi connectivity index (χ0) is 21.4. The Hall–Kier alpha value is -2.02. The summed E-state index contributed by atoms with van der Waals surface area (Å²) in [7, 11) is 1.73. The number of alkyl halides is 3. The van der Waals surface area contributed by atoms with Crippen molar-refractivity contribution >= 4 is 23.7 Å². The third kappa shape index (κ3) is 7.07. The molecule has 0 bridgehead atoms. The van der Waals surface area contributed by atoms with Crippen LogP contribution in [0.25, 0.3) is 0 Å². The van der Waals surface area contributed by atoms with Gasteiger partial charge in [-0.15, -0.1) is 0 Å². The van der Waals surface area contributed by atoms with Crippen LogP contribution in [0.4, 0.5) is 13.2 Å². The normalized spacial score (nSPS) is 20.7. The number of nitrogens with one attached hydrogen (secondary N) is 2. The number of benzene rings is 1. The van der Waals surface area contributed by atoms with Crippen LogP contribution in [-0.4, -0.2) is 31.8 Å². The molecule has 160 valence electrons. The lowest BCUT2D eigenvalue weighted by Crippen LogP contribution is -2.39. The Labute approximate surface area is 174 Å². The number of amides is 1. The lowest BCUT2D eigenvalue weighted by molar-refractivity contribution is -0.137. The number of carbonyl (C=O) groups is 1. The van der Waals surface area contributed by atoms with Gasteiger partial charge in [-0.2, -0.15) is 13.2 Å². The smallest absolute Gasteiger partial charge is 0.384 e. The quantitative estimate of drug-likeness (QED) is 0.583. The molecule has 4 nitrogen and oxygen atoms in total. The lowest BCUT2D eigenvalue weighted by Gasteiger charge is -2.29. The maximum atomic E-state index is 12.9. The van der Waals surface area contributed by atoms with Crippen molar-refractivity contribution in [1.29, 1.82) is 0 Å². The predicted molar refractivity (Wildman–Crippen MR) is 110 cm³/mol. The van der Waals surface area contributed by atoms with Crippen LogP contribution in [0, 0.1) is 5.92 Å². The minimum Gasteiger partial charge on any atom is -0.384 e. The van der Waals surface area contributed by atoms with E-state index in [2.05, 4.69) is 28.6 Å². The Morgan fingerprint density at radius 3 is 2.55 bits per heavy atom. The zero-order valence-corrected chi connectivity index (χ0v) is 17.4. The van der Waals surface area contributed by atoms with Gasteiger partial charge in [0.05, 0.1) is 16.1 Å². The van der Waals surface area contributed by atoms with Gasteiger partial charge in [0.25, 0.3) is 5.91 Å². The van der Waals surface area contributed by atoms with Crippen molar-refractivity contribution in [3.05, 3.63) is 46.1 Å². The molecule has 1 aromatic rings. The van der Waals surface area contributed by atoms with Crippen molar-refractivity contribution in [1.82, 2.24) is 10.6 Å². The summed E-state index contributed by atoms with van der Waals surface area (Å²) < 4.78 is 38.7. The second-order valence-electron chi connectivity index (χ2n) is 7.22. The van der Waals surface area contributed by atoms with Gasteiger partial charge in [-0.3, -0.25) is 9.79 Å². The molecule has 0 spiro atoms. The molecule has 1 aliphatic carbocycles. The molecule has 1 aromatic carbocycles. The molecule has 0 heterocycles. The van der Waals surface area contributed by atoms with Gasteiger partial charge in [0.2, 0.25) is 0 Å². The van der Waals surface area contributed by atoms with Crippen molar-refractivity contribution in [2.75, 3.05) is 13.6 Å². The fraction of sp³-hybridized carbons (Fsp3) is 0.524. The summed E-state index contributed by atoms with van der Waals surface area (Å²) in [6, 6.07) is 2.74. The van der Waals surface area contributed by atoms with Crippen LogP contribution in [0.3, 0.4) is 0 Å². The summed E-state index contributed by atoms with van der Waals surface area (Å²) in [5.74, 6) is -0.0826. The highest BCUT2D eigenvalue weighted by Crippen LogP contribution is 2.32. The van der Waals surface area contributed by atoms with Crippen molar-refractivity contribution in [3.8, 4) is 0 Å². The maximum Gasteiger partial charge on any atom is 0.416 e. The van der Waals surface area contributed by atoms with Crippen molar-refractivity contribution in [2.45, 2.75) is 51.2 Å². The van der Waals surface area contributed by atoms with Crippen LogP contribution in [0.1, 0.15) is 54.9 Å². The molecule has 0 unspecified atom stereocenters. The third-order valence-electron chi connectivity index (χ3n) is 5.01. The minimum absolute atomic E-state index is 0.0150. The molecule has 1 aliphatic rings. The van der Waals surface area contributed by atoms with E-state index in [9.17, 15) is 18.0 Å². The summed E-state index contributed by atoms with van der Waals surface area (Å²) in [5, 5.41) is 6.25. The number of rotatable bonds is 7. The molecule has 0 radical (unpaired) electrons. The Balaban J connectivity index is 1.88. The molecule has 2 N–H and O–H groups in total. The Kier molecular flexibility index (Phi) is 8.56. The van der Waals surface area contributed by atoms with Gasteiger partial charge in [-0.05, 0) is 56.2 Å². The lowest BCUT2D eigenvalue weighted by atomic mass is 9.86. The summed E-state index contributed by atoms with van der Waals surface area (Å²) in [6.45, 7) is 2.90. The van der Waals surface area contributed by atoms with Gasteiger partial charge in [0, 0.05) is 31.5 Å². The third-order valence-corrected chi connectivity index (χ3v) is 5.34.